The van der Waals surface area contributed by atoms with Gasteiger partial charge in [-0.25, -0.2) is 0 Å². The Morgan fingerprint density at radius 1 is 0.952 bits per heavy atom. The average Bonchev–Trinajstić information content (AvgIpc) is 2.55. The Balaban J connectivity index is 1.82. The summed E-state index contributed by atoms with van der Waals surface area (Å²) in [7, 11) is 1.66. The topological polar surface area (TPSA) is 38.7 Å². The van der Waals surface area contributed by atoms with Gasteiger partial charge in [0.25, 0.3) is 0 Å². The summed E-state index contributed by atoms with van der Waals surface area (Å²) in [6, 6.07) is 15.6. The Kier molecular flexibility index (Phi) is 5.64. The van der Waals surface area contributed by atoms with Crippen LogP contribution in [0.4, 0.5) is 0 Å². The van der Waals surface area contributed by atoms with Gasteiger partial charge in [-0.1, -0.05) is 31.2 Å². The Hall–Kier alpha value is -2.00. The van der Waals surface area contributed by atoms with E-state index in [4.69, 9.17) is 9.47 Å². The normalized spacial score (nSPS) is 12.0. The third-order valence-electron chi connectivity index (χ3n) is 3.47. The number of aliphatic hydroxyl groups is 1. The van der Waals surface area contributed by atoms with Crippen LogP contribution in [0.25, 0.3) is 0 Å². The highest BCUT2D eigenvalue weighted by atomic mass is 16.5. The zero-order valence-corrected chi connectivity index (χ0v) is 12.6. The molecule has 0 fully saturated rings. The number of hydrogen-bond acceptors (Lipinski definition) is 3. The monoisotopic (exact) mass is 286 g/mol. The van der Waals surface area contributed by atoms with Crippen LogP contribution in [0.1, 0.15) is 30.6 Å². The second-order valence-electron chi connectivity index (χ2n) is 4.94. The molecular weight excluding hydrogens is 264 g/mol. The minimum atomic E-state index is -0.390. The molecule has 3 nitrogen and oxygen atoms in total. The van der Waals surface area contributed by atoms with Crippen LogP contribution in [0.15, 0.2) is 48.5 Å². The minimum absolute atomic E-state index is 0.390. The van der Waals surface area contributed by atoms with Gasteiger partial charge in [0.05, 0.1) is 19.8 Å². The first-order chi connectivity index (χ1) is 10.2. The summed E-state index contributed by atoms with van der Waals surface area (Å²) in [4.78, 5) is 0. The molecule has 0 aliphatic heterocycles. The van der Waals surface area contributed by atoms with Gasteiger partial charge >= 0.3 is 0 Å². The Bertz CT molecular complexity index is 531. The van der Waals surface area contributed by atoms with Gasteiger partial charge in [0.1, 0.15) is 11.5 Å². The molecule has 0 aliphatic rings. The van der Waals surface area contributed by atoms with Crippen LogP contribution in [0, 0.1) is 0 Å². The highest BCUT2D eigenvalue weighted by Crippen LogP contribution is 2.20. The molecular formula is C18H22O3. The van der Waals surface area contributed by atoms with Crippen molar-refractivity contribution in [2.75, 3.05) is 13.7 Å². The SMILES string of the molecule is CC[C@@H](O)c1ccc(OCCc2ccc(OC)cc2)cc1. The Labute approximate surface area is 126 Å². The average molecular weight is 286 g/mol. The van der Waals surface area contributed by atoms with Crippen molar-refractivity contribution < 1.29 is 14.6 Å². The molecule has 2 aromatic rings. The minimum Gasteiger partial charge on any atom is -0.497 e. The summed E-state index contributed by atoms with van der Waals surface area (Å²) < 4.78 is 10.9. The predicted octanol–water partition coefficient (Wildman–Crippen LogP) is 3.76. The van der Waals surface area contributed by atoms with Crippen molar-refractivity contribution in [3.63, 3.8) is 0 Å². The van der Waals surface area contributed by atoms with E-state index in [0.717, 1.165) is 29.9 Å². The number of benzene rings is 2. The van der Waals surface area contributed by atoms with Crippen LogP contribution < -0.4 is 9.47 Å². The Morgan fingerprint density at radius 3 is 2.14 bits per heavy atom. The zero-order valence-electron chi connectivity index (χ0n) is 12.6. The van der Waals surface area contributed by atoms with Gasteiger partial charge in [-0.05, 0) is 41.8 Å². The standard InChI is InChI=1S/C18H22O3/c1-3-18(19)15-6-10-17(11-7-15)21-13-12-14-4-8-16(20-2)9-5-14/h4-11,18-19H,3,12-13H2,1-2H3/t18-/m1/s1. The summed E-state index contributed by atoms with van der Waals surface area (Å²) in [6.45, 7) is 2.59. The first-order valence-electron chi connectivity index (χ1n) is 7.26. The predicted molar refractivity (Wildman–Crippen MR) is 83.9 cm³/mol. The number of hydrogen-bond donors (Lipinski definition) is 1. The molecule has 112 valence electrons. The number of methoxy groups -OCH3 is 1. The molecule has 21 heavy (non-hydrogen) atoms. The molecule has 0 aliphatic carbocycles. The fraction of sp³-hybridized carbons (Fsp3) is 0.333. The lowest BCUT2D eigenvalue weighted by molar-refractivity contribution is 0.173. The van der Waals surface area contributed by atoms with Gasteiger partial charge in [-0.15, -0.1) is 0 Å². The van der Waals surface area contributed by atoms with E-state index in [1.54, 1.807) is 7.11 Å². The van der Waals surface area contributed by atoms with E-state index < -0.39 is 6.10 Å². The number of ether oxygens (including phenoxy) is 2. The maximum absolute atomic E-state index is 9.74. The van der Waals surface area contributed by atoms with Crippen molar-refractivity contribution in [2.24, 2.45) is 0 Å². The summed E-state index contributed by atoms with van der Waals surface area (Å²) in [5, 5.41) is 9.74. The van der Waals surface area contributed by atoms with Crippen molar-refractivity contribution in [3.05, 3.63) is 59.7 Å². The fourth-order valence-corrected chi connectivity index (χ4v) is 2.10. The third-order valence-corrected chi connectivity index (χ3v) is 3.47. The van der Waals surface area contributed by atoms with Crippen molar-refractivity contribution in [2.45, 2.75) is 25.9 Å². The Morgan fingerprint density at radius 2 is 1.57 bits per heavy atom. The molecule has 1 N–H and O–H groups in total. The van der Waals surface area contributed by atoms with Gasteiger partial charge < -0.3 is 14.6 Å². The first-order valence-corrected chi connectivity index (χ1v) is 7.26. The van der Waals surface area contributed by atoms with Crippen LogP contribution in [0.3, 0.4) is 0 Å². The van der Waals surface area contributed by atoms with Crippen molar-refractivity contribution in [1.29, 1.82) is 0 Å². The van der Waals surface area contributed by atoms with E-state index in [-0.39, 0.29) is 0 Å². The fourth-order valence-electron chi connectivity index (χ4n) is 2.10. The quantitative estimate of drug-likeness (QED) is 0.842. The smallest absolute Gasteiger partial charge is 0.119 e. The van der Waals surface area contributed by atoms with Crippen molar-refractivity contribution >= 4 is 0 Å². The van der Waals surface area contributed by atoms with Crippen molar-refractivity contribution in [1.82, 2.24) is 0 Å². The highest BCUT2D eigenvalue weighted by molar-refractivity contribution is 5.29. The maximum Gasteiger partial charge on any atom is 0.119 e. The van der Waals surface area contributed by atoms with Gasteiger partial charge in [0.15, 0.2) is 0 Å². The summed E-state index contributed by atoms with van der Waals surface area (Å²) in [6.07, 6.45) is 1.18. The maximum atomic E-state index is 9.74. The van der Waals surface area contributed by atoms with E-state index >= 15 is 0 Å². The van der Waals surface area contributed by atoms with Gasteiger partial charge in [0.2, 0.25) is 0 Å². The zero-order chi connectivity index (χ0) is 15.1. The number of rotatable bonds is 7. The molecule has 0 amide bonds. The van der Waals surface area contributed by atoms with Crippen LogP contribution in [-0.2, 0) is 6.42 Å². The lowest BCUT2D eigenvalue weighted by Gasteiger charge is -2.10. The summed E-state index contributed by atoms with van der Waals surface area (Å²) in [5.74, 6) is 1.69. The van der Waals surface area contributed by atoms with E-state index in [0.29, 0.717) is 6.61 Å². The van der Waals surface area contributed by atoms with Crippen molar-refractivity contribution in [3.8, 4) is 11.5 Å². The molecule has 0 bridgehead atoms. The molecule has 0 saturated carbocycles. The molecule has 1 atom stereocenters. The van der Waals surface area contributed by atoms with Crippen LogP contribution >= 0.6 is 0 Å². The number of aliphatic hydroxyl groups excluding tert-OH is 1. The lowest BCUT2D eigenvalue weighted by atomic mass is 10.1. The highest BCUT2D eigenvalue weighted by Gasteiger charge is 2.04. The molecule has 2 rings (SSSR count). The van der Waals surface area contributed by atoms with E-state index in [2.05, 4.69) is 0 Å². The molecule has 0 aromatic heterocycles. The second kappa shape index (κ2) is 7.70. The summed E-state index contributed by atoms with van der Waals surface area (Å²) >= 11 is 0. The van der Waals surface area contributed by atoms with E-state index in [9.17, 15) is 5.11 Å². The van der Waals surface area contributed by atoms with Crippen LogP contribution in [-0.4, -0.2) is 18.8 Å². The van der Waals surface area contributed by atoms with Gasteiger partial charge in [-0.3, -0.25) is 0 Å². The van der Waals surface area contributed by atoms with Crippen LogP contribution in [0.5, 0.6) is 11.5 Å². The van der Waals surface area contributed by atoms with E-state index in [1.165, 1.54) is 5.56 Å². The molecule has 0 saturated heterocycles. The first kappa shape index (κ1) is 15.4. The molecule has 0 radical (unpaired) electrons. The molecule has 0 heterocycles. The molecule has 3 heteroatoms. The molecule has 0 spiro atoms. The summed E-state index contributed by atoms with van der Waals surface area (Å²) in [5.41, 5.74) is 2.15. The molecule has 0 unspecified atom stereocenters. The largest absolute Gasteiger partial charge is 0.497 e. The molecule has 2 aromatic carbocycles. The second-order valence-corrected chi connectivity index (χ2v) is 4.94. The van der Waals surface area contributed by atoms with Gasteiger partial charge in [-0.2, -0.15) is 0 Å². The van der Waals surface area contributed by atoms with Gasteiger partial charge in [0, 0.05) is 6.42 Å². The lowest BCUT2D eigenvalue weighted by Crippen LogP contribution is -2.02. The van der Waals surface area contributed by atoms with E-state index in [1.807, 2.05) is 55.5 Å². The van der Waals surface area contributed by atoms with Crippen LogP contribution in [0.2, 0.25) is 0 Å². The third kappa shape index (κ3) is 4.50.